The molecule has 1 aromatic heterocycles. The zero-order valence-corrected chi connectivity index (χ0v) is 14.3. The minimum atomic E-state index is -0.362. The van der Waals surface area contributed by atoms with Crippen LogP contribution < -0.4 is 10.9 Å². The van der Waals surface area contributed by atoms with Crippen molar-refractivity contribution in [1.29, 1.82) is 0 Å². The Morgan fingerprint density at radius 1 is 1.25 bits per heavy atom. The molecule has 2 rings (SSSR count). The van der Waals surface area contributed by atoms with E-state index in [1.54, 1.807) is 18.3 Å². The maximum absolute atomic E-state index is 12.3. The zero-order valence-electron chi connectivity index (χ0n) is 13.5. The maximum Gasteiger partial charge on any atom is 0.305 e. The summed E-state index contributed by atoms with van der Waals surface area (Å²) in [5, 5.41) is 7.38. The second kappa shape index (κ2) is 9.08. The van der Waals surface area contributed by atoms with Gasteiger partial charge in [-0.15, -0.1) is 0 Å². The predicted molar refractivity (Wildman–Crippen MR) is 93.8 cm³/mol. The number of ether oxygens (including phenoxy) is 1. The van der Waals surface area contributed by atoms with Crippen LogP contribution in [0.3, 0.4) is 0 Å². The van der Waals surface area contributed by atoms with Gasteiger partial charge in [-0.1, -0.05) is 36.2 Å². The third kappa shape index (κ3) is 4.83. The quantitative estimate of drug-likeness (QED) is 0.585. The summed E-state index contributed by atoms with van der Waals surface area (Å²) >= 11 is 6.15. The second-order valence-electron chi connectivity index (χ2n) is 5.24. The van der Waals surface area contributed by atoms with Crippen LogP contribution in [-0.4, -0.2) is 29.4 Å². The fourth-order valence-corrected chi connectivity index (χ4v) is 2.40. The number of hydrogen-bond donors (Lipinski definition) is 1. The molecule has 0 saturated heterocycles. The molecular weight excluding hydrogens is 330 g/mol. The van der Waals surface area contributed by atoms with Gasteiger partial charge in [-0.2, -0.15) is 9.78 Å². The van der Waals surface area contributed by atoms with Crippen LogP contribution in [0.2, 0.25) is 5.02 Å². The normalized spacial score (nSPS) is 10.4. The summed E-state index contributed by atoms with van der Waals surface area (Å²) in [5.74, 6) is -0.195. The van der Waals surface area contributed by atoms with Crippen LogP contribution in [0.1, 0.15) is 25.7 Å². The molecule has 0 aliphatic heterocycles. The molecule has 0 amide bonds. The van der Waals surface area contributed by atoms with Crippen LogP contribution in [0.15, 0.2) is 41.3 Å². The summed E-state index contributed by atoms with van der Waals surface area (Å²) in [5.41, 5.74) is 0.819. The number of aromatic nitrogens is 2. The van der Waals surface area contributed by atoms with Crippen molar-refractivity contribution in [2.75, 3.05) is 19.0 Å². The number of methoxy groups -OCH3 is 1. The van der Waals surface area contributed by atoms with Crippen LogP contribution in [0.4, 0.5) is 5.69 Å². The van der Waals surface area contributed by atoms with Gasteiger partial charge in [-0.05, 0) is 25.0 Å². The molecule has 7 heteroatoms. The first-order chi connectivity index (χ1) is 11.6. The number of para-hydroxylation sites is 1. The predicted octanol–water partition coefficient (Wildman–Crippen LogP) is 3.03. The summed E-state index contributed by atoms with van der Waals surface area (Å²) in [6.07, 6.45) is 4.48. The first kappa shape index (κ1) is 18.0. The van der Waals surface area contributed by atoms with E-state index in [4.69, 9.17) is 11.6 Å². The van der Waals surface area contributed by atoms with Crippen molar-refractivity contribution in [2.24, 2.45) is 0 Å². The van der Waals surface area contributed by atoms with Crippen molar-refractivity contribution in [1.82, 2.24) is 9.78 Å². The van der Waals surface area contributed by atoms with Gasteiger partial charge in [0.1, 0.15) is 5.02 Å². The summed E-state index contributed by atoms with van der Waals surface area (Å²) in [4.78, 5) is 23.3. The molecule has 6 nitrogen and oxygen atoms in total. The number of esters is 1. The van der Waals surface area contributed by atoms with E-state index in [1.165, 1.54) is 11.8 Å². The minimum Gasteiger partial charge on any atom is -0.469 e. The average Bonchev–Trinajstić information content (AvgIpc) is 2.62. The molecule has 0 unspecified atom stereocenters. The van der Waals surface area contributed by atoms with E-state index >= 15 is 0 Å². The van der Waals surface area contributed by atoms with Gasteiger partial charge < -0.3 is 10.1 Å². The highest BCUT2D eigenvalue weighted by Gasteiger charge is 2.10. The van der Waals surface area contributed by atoms with Crippen LogP contribution in [-0.2, 0) is 9.53 Å². The van der Waals surface area contributed by atoms with Crippen LogP contribution in [0, 0.1) is 0 Å². The monoisotopic (exact) mass is 349 g/mol. The van der Waals surface area contributed by atoms with Crippen molar-refractivity contribution in [2.45, 2.75) is 25.7 Å². The molecule has 1 aromatic carbocycles. The molecule has 0 bridgehead atoms. The van der Waals surface area contributed by atoms with E-state index < -0.39 is 0 Å². The van der Waals surface area contributed by atoms with Gasteiger partial charge in [0.25, 0.3) is 5.56 Å². The summed E-state index contributed by atoms with van der Waals surface area (Å²) in [6.45, 7) is 0.650. The van der Waals surface area contributed by atoms with E-state index in [9.17, 15) is 9.59 Å². The number of nitrogens with zero attached hydrogens (tertiary/aromatic N) is 2. The van der Waals surface area contributed by atoms with Crippen molar-refractivity contribution in [3.8, 4) is 5.69 Å². The van der Waals surface area contributed by atoms with Crippen LogP contribution in [0.5, 0.6) is 0 Å². The molecule has 0 fully saturated rings. The summed E-state index contributed by atoms with van der Waals surface area (Å²) in [6, 6.07) is 9.11. The van der Waals surface area contributed by atoms with Gasteiger partial charge in [0, 0.05) is 13.0 Å². The Labute approximate surface area is 145 Å². The van der Waals surface area contributed by atoms with Crippen LogP contribution in [0.25, 0.3) is 5.69 Å². The van der Waals surface area contributed by atoms with Crippen LogP contribution >= 0.6 is 11.6 Å². The molecule has 2 aromatic rings. The second-order valence-corrected chi connectivity index (χ2v) is 5.62. The molecule has 0 saturated carbocycles. The molecule has 0 spiro atoms. The number of hydrogen-bond acceptors (Lipinski definition) is 5. The number of unbranched alkanes of at least 4 members (excludes halogenated alkanes) is 2. The van der Waals surface area contributed by atoms with Gasteiger partial charge in [-0.25, -0.2) is 0 Å². The third-order valence-electron chi connectivity index (χ3n) is 3.52. The third-order valence-corrected chi connectivity index (χ3v) is 3.89. The van der Waals surface area contributed by atoms with Gasteiger partial charge in [-0.3, -0.25) is 9.59 Å². The lowest BCUT2D eigenvalue weighted by Gasteiger charge is -2.10. The first-order valence-corrected chi connectivity index (χ1v) is 8.15. The van der Waals surface area contributed by atoms with Crippen molar-refractivity contribution >= 4 is 23.3 Å². The lowest BCUT2D eigenvalue weighted by molar-refractivity contribution is -0.140. The number of rotatable bonds is 8. The van der Waals surface area contributed by atoms with Gasteiger partial charge in [0.05, 0.1) is 24.7 Å². The molecule has 128 valence electrons. The summed E-state index contributed by atoms with van der Waals surface area (Å²) in [7, 11) is 1.39. The fourth-order valence-electron chi connectivity index (χ4n) is 2.21. The van der Waals surface area contributed by atoms with E-state index in [1.807, 2.05) is 18.2 Å². The largest absolute Gasteiger partial charge is 0.469 e. The zero-order chi connectivity index (χ0) is 17.4. The number of anilines is 1. The number of carbonyl (C=O) groups excluding carboxylic acids is 1. The molecule has 1 N–H and O–H groups in total. The Hall–Kier alpha value is -2.34. The number of halogens is 1. The van der Waals surface area contributed by atoms with Gasteiger partial charge in [0.15, 0.2) is 0 Å². The Balaban J connectivity index is 1.90. The number of benzene rings is 1. The Morgan fingerprint density at radius 3 is 2.71 bits per heavy atom. The Bertz CT molecular complexity index is 732. The van der Waals surface area contributed by atoms with Crippen molar-refractivity contribution in [3.05, 3.63) is 51.9 Å². The minimum absolute atomic E-state index is 0.114. The lowest BCUT2D eigenvalue weighted by Crippen LogP contribution is -2.22. The standard InChI is InChI=1S/C17H20ClN3O3/c1-24-15(22)10-6-3-7-11-19-14-12-20-21(17(23)16(14)18)13-8-4-2-5-9-13/h2,4-5,8-9,12,19H,3,6-7,10-11H2,1H3. The molecule has 0 atom stereocenters. The molecular formula is C17H20ClN3O3. The Kier molecular flexibility index (Phi) is 6.81. The number of carbonyl (C=O) groups is 1. The van der Waals surface area contributed by atoms with Crippen molar-refractivity contribution < 1.29 is 9.53 Å². The maximum atomic E-state index is 12.3. The van der Waals surface area contributed by atoms with E-state index in [0.29, 0.717) is 24.3 Å². The molecule has 1 heterocycles. The molecule has 0 aliphatic rings. The molecule has 0 radical (unpaired) electrons. The first-order valence-electron chi connectivity index (χ1n) is 7.77. The highest BCUT2D eigenvalue weighted by atomic mass is 35.5. The highest BCUT2D eigenvalue weighted by Crippen LogP contribution is 2.16. The lowest BCUT2D eigenvalue weighted by atomic mass is 10.2. The van der Waals surface area contributed by atoms with E-state index in [-0.39, 0.29) is 16.6 Å². The summed E-state index contributed by atoms with van der Waals surface area (Å²) < 4.78 is 5.85. The average molecular weight is 350 g/mol. The SMILES string of the molecule is COC(=O)CCCCCNc1cnn(-c2ccccc2)c(=O)c1Cl. The van der Waals surface area contributed by atoms with Gasteiger partial charge >= 0.3 is 5.97 Å². The Morgan fingerprint density at radius 2 is 2.00 bits per heavy atom. The van der Waals surface area contributed by atoms with Gasteiger partial charge in [0.2, 0.25) is 0 Å². The fraction of sp³-hybridized carbons (Fsp3) is 0.353. The molecule has 24 heavy (non-hydrogen) atoms. The van der Waals surface area contributed by atoms with E-state index in [2.05, 4.69) is 15.2 Å². The molecule has 0 aliphatic carbocycles. The number of nitrogens with one attached hydrogen (secondary N) is 1. The highest BCUT2D eigenvalue weighted by molar-refractivity contribution is 6.32. The van der Waals surface area contributed by atoms with E-state index in [0.717, 1.165) is 19.3 Å². The smallest absolute Gasteiger partial charge is 0.305 e. The topological polar surface area (TPSA) is 73.2 Å². The van der Waals surface area contributed by atoms with Crippen molar-refractivity contribution in [3.63, 3.8) is 0 Å².